The summed E-state index contributed by atoms with van der Waals surface area (Å²) in [6.07, 6.45) is 1.75. The van der Waals surface area contributed by atoms with Gasteiger partial charge in [-0.3, -0.25) is 13.9 Å². The van der Waals surface area contributed by atoms with Crippen LogP contribution in [0.4, 0.5) is 10.1 Å². The van der Waals surface area contributed by atoms with Crippen LogP contribution in [0.1, 0.15) is 12.8 Å². The fourth-order valence-electron chi connectivity index (χ4n) is 1.75. The lowest BCUT2D eigenvalue weighted by Gasteiger charge is -2.08. The number of aromatic amines is 1. The van der Waals surface area contributed by atoms with Gasteiger partial charge in [0.15, 0.2) is 0 Å². The smallest absolute Gasteiger partial charge is 0.258 e. The molecule has 0 aliphatic heterocycles. The van der Waals surface area contributed by atoms with Crippen molar-refractivity contribution in [2.75, 3.05) is 17.1 Å². The Balaban J connectivity index is 2.22. The average molecular weight is 299 g/mol. The molecule has 0 fully saturated rings. The fraction of sp³-hybridized carbons (Fsp3) is 0.333. The molecule has 0 saturated heterocycles. The highest BCUT2D eigenvalue weighted by molar-refractivity contribution is 7.92. The lowest BCUT2D eigenvalue weighted by Crippen LogP contribution is -2.17. The van der Waals surface area contributed by atoms with Gasteiger partial charge in [-0.25, -0.2) is 13.4 Å². The molecule has 0 aliphatic carbocycles. The molecule has 0 saturated carbocycles. The highest BCUT2D eigenvalue weighted by atomic mass is 32.2. The Labute approximate surface area is 115 Å². The second-order valence-corrected chi connectivity index (χ2v) is 6.12. The van der Waals surface area contributed by atoms with Crippen LogP contribution in [0.25, 0.3) is 10.9 Å². The first-order chi connectivity index (χ1) is 9.52. The van der Waals surface area contributed by atoms with E-state index in [2.05, 4.69) is 14.7 Å². The summed E-state index contributed by atoms with van der Waals surface area (Å²) >= 11 is 0. The Kier molecular flexibility index (Phi) is 4.33. The minimum absolute atomic E-state index is 0.154. The van der Waals surface area contributed by atoms with Gasteiger partial charge in [0.2, 0.25) is 10.0 Å². The van der Waals surface area contributed by atoms with Crippen LogP contribution >= 0.6 is 0 Å². The Bertz CT molecular complexity index is 758. The minimum Gasteiger partial charge on any atom is -0.313 e. The predicted octanol–water partition coefficient (Wildman–Crippen LogP) is 1.41. The summed E-state index contributed by atoms with van der Waals surface area (Å²) in [5.74, 6) is -0.154. The van der Waals surface area contributed by atoms with Gasteiger partial charge in [-0.2, -0.15) is 0 Å². The summed E-state index contributed by atoms with van der Waals surface area (Å²) in [4.78, 5) is 18.0. The number of fused-ring (bicyclic) bond motifs is 1. The standard InChI is InChI=1S/C12H14FN3O3S/c13-5-1-2-6-20(18,19)16-9-3-4-11-10(7-9)12(17)15-8-14-11/h3-4,7-8,16H,1-2,5-6H2,(H,14,15,17). The van der Waals surface area contributed by atoms with Crippen LogP contribution in [0.2, 0.25) is 0 Å². The van der Waals surface area contributed by atoms with E-state index in [9.17, 15) is 17.6 Å². The van der Waals surface area contributed by atoms with E-state index < -0.39 is 16.7 Å². The summed E-state index contributed by atoms with van der Waals surface area (Å²) in [5.41, 5.74) is 0.429. The Morgan fingerprint density at radius 2 is 2.10 bits per heavy atom. The molecule has 0 spiro atoms. The second kappa shape index (κ2) is 6.00. The van der Waals surface area contributed by atoms with Gasteiger partial charge in [-0.1, -0.05) is 0 Å². The molecule has 1 aromatic carbocycles. The number of sulfonamides is 1. The van der Waals surface area contributed by atoms with E-state index in [1.165, 1.54) is 18.5 Å². The van der Waals surface area contributed by atoms with Crippen molar-refractivity contribution in [1.82, 2.24) is 9.97 Å². The predicted molar refractivity (Wildman–Crippen MR) is 75.0 cm³/mol. The van der Waals surface area contributed by atoms with Crippen LogP contribution in [0.5, 0.6) is 0 Å². The Hall–Kier alpha value is -1.96. The Morgan fingerprint density at radius 1 is 1.30 bits per heavy atom. The van der Waals surface area contributed by atoms with Gasteiger partial charge in [0.25, 0.3) is 5.56 Å². The maximum absolute atomic E-state index is 12.0. The van der Waals surface area contributed by atoms with Crippen LogP contribution in [0, 0.1) is 0 Å². The number of anilines is 1. The molecule has 0 atom stereocenters. The molecule has 1 aromatic heterocycles. The van der Waals surface area contributed by atoms with Gasteiger partial charge in [0, 0.05) is 5.69 Å². The molecule has 8 heteroatoms. The lowest BCUT2D eigenvalue weighted by molar-refractivity contribution is 0.468. The highest BCUT2D eigenvalue weighted by Crippen LogP contribution is 2.15. The van der Waals surface area contributed by atoms with Gasteiger partial charge < -0.3 is 4.98 Å². The first-order valence-corrected chi connectivity index (χ1v) is 7.71. The van der Waals surface area contributed by atoms with Gasteiger partial charge in [0.05, 0.1) is 29.7 Å². The minimum atomic E-state index is -3.54. The van der Waals surface area contributed by atoms with Crippen LogP contribution in [-0.2, 0) is 10.0 Å². The van der Waals surface area contributed by atoms with Gasteiger partial charge >= 0.3 is 0 Å². The summed E-state index contributed by atoms with van der Waals surface area (Å²) in [5, 5.41) is 0.302. The molecular formula is C12H14FN3O3S. The van der Waals surface area contributed by atoms with E-state index in [0.717, 1.165) is 0 Å². The van der Waals surface area contributed by atoms with E-state index in [1.54, 1.807) is 6.07 Å². The second-order valence-electron chi connectivity index (χ2n) is 4.28. The van der Waals surface area contributed by atoms with Crippen molar-refractivity contribution in [1.29, 1.82) is 0 Å². The number of benzene rings is 1. The molecule has 108 valence electrons. The average Bonchev–Trinajstić information content (AvgIpc) is 2.39. The van der Waals surface area contributed by atoms with Gasteiger partial charge in [-0.05, 0) is 31.0 Å². The van der Waals surface area contributed by atoms with Gasteiger partial charge in [-0.15, -0.1) is 0 Å². The number of unbranched alkanes of at least 4 members (excludes halogenated alkanes) is 1. The molecule has 0 bridgehead atoms. The molecule has 0 unspecified atom stereocenters. The third-order valence-corrected chi connectivity index (χ3v) is 4.08. The van der Waals surface area contributed by atoms with Crippen molar-refractivity contribution >= 4 is 26.6 Å². The van der Waals surface area contributed by atoms with Crippen LogP contribution < -0.4 is 10.3 Å². The van der Waals surface area contributed by atoms with E-state index in [4.69, 9.17) is 0 Å². The molecular weight excluding hydrogens is 285 g/mol. The number of nitrogens with zero attached hydrogens (tertiary/aromatic N) is 1. The van der Waals surface area contributed by atoms with Crippen LogP contribution in [-0.4, -0.2) is 30.8 Å². The SMILES string of the molecule is O=c1[nH]cnc2ccc(NS(=O)(=O)CCCCF)cc12. The zero-order valence-electron chi connectivity index (χ0n) is 10.6. The number of hydrogen-bond acceptors (Lipinski definition) is 4. The molecule has 0 amide bonds. The quantitative estimate of drug-likeness (QED) is 0.789. The summed E-state index contributed by atoms with van der Waals surface area (Å²) in [6.45, 7) is -0.535. The zero-order valence-corrected chi connectivity index (χ0v) is 11.4. The molecule has 2 rings (SSSR count). The number of H-pyrrole nitrogens is 1. The van der Waals surface area contributed by atoms with Gasteiger partial charge in [0.1, 0.15) is 0 Å². The highest BCUT2D eigenvalue weighted by Gasteiger charge is 2.11. The topological polar surface area (TPSA) is 91.9 Å². The van der Waals surface area contributed by atoms with Crippen molar-refractivity contribution in [2.24, 2.45) is 0 Å². The van der Waals surface area contributed by atoms with Crippen LogP contribution in [0.3, 0.4) is 0 Å². The molecule has 6 nitrogen and oxygen atoms in total. The number of halogens is 1. The summed E-state index contributed by atoms with van der Waals surface area (Å²) < 4.78 is 37.8. The molecule has 2 aromatic rings. The maximum atomic E-state index is 12.0. The fourth-order valence-corrected chi connectivity index (χ4v) is 2.92. The molecule has 20 heavy (non-hydrogen) atoms. The third-order valence-electron chi connectivity index (χ3n) is 2.71. The van der Waals surface area contributed by atoms with Crippen molar-refractivity contribution in [3.05, 3.63) is 34.9 Å². The zero-order chi connectivity index (χ0) is 14.6. The number of aromatic nitrogens is 2. The summed E-state index contributed by atoms with van der Waals surface area (Å²) in [7, 11) is -3.54. The molecule has 0 radical (unpaired) electrons. The third kappa shape index (κ3) is 3.53. The normalized spacial score (nSPS) is 11.7. The number of rotatable bonds is 6. The number of nitrogens with one attached hydrogen (secondary N) is 2. The van der Waals surface area contributed by atoms with Crippen molar-refractivity contribution in [3.63, 3.8) is 0 Å². The van der Waals surface area contributed by atoms with Crippen molar-refractivity contribution < 1.29 is 12.8 Å². The van der Waals surface area contributed by atoms with E-state index in [1.807, 2.05) is 0 Å². The first-order valence-electron chi connectivity index (χ1n) is 6.06. The number of alkyl halides is 1. The monoisotopic (exact) mass is 299 g/mol. The lowest BCUT2D eigenvalue weighted by atomic mass is 10.2. The van der Waals surface area contributed by atoms with E-state index >= 15 is 0 Å². The van der Waals surface area contributed by atoms with Crippen LogP contribution in [0.15, 0.2) is 29.3 Å². The van der Waals surface area contributed by atoms with Crippen molar-refractivity contribution in [3.8, 4) is 0 Å². The van der Waals surface area contributed by atoms with E-state index in [-0.39, 0.29) is 29.8 Å². The van der Waals surface area contributed by atoms with E-state index in [0.29, 0.717) is 10.9 Å². The largest absolute Gasteiger partial charge is 0.313 e. The molecule has 0 aliphatic rings. The molecule has 1 heterocycles. The Morgan fingerprint density at radius 3 is 2.85 bits per heavy atom. The number of hydrogen-bond donors (Lipinski definition) is 2. The first kappa shape index (κ1) is 14.4. The summed E-state index contributed by atoms with van der Waals surface area (Å²) in [6, 6.07) is 4.51. The maximum Gasteiger partial charge on any atom is 0.258 e. The van der Waals surface area contributed by atoms with Crippen molar-refractivity contribution in [2.45, 2.75) is 12.8 Å². The molecule has 2 N–H and O–H groups in total.